The molecule has 0 aromatic carbocycles. The van der Waals surface area contributed by atoms with E-state index in [2.05, 4.69) is 58.4 Å². The van der Waals surface area contributed by atoms with Gasteiger partial charge in [0.25, 0.3) is 5.56 Å². The monoisotopic (exact) mass is 424 g/mol. The molecule has 0 saturated carbocycles. The Hall–Kier alpha value is -3.27. The Labute approximate surface area is 180 Å². The van der Waals surface area contributed by atoms with E-state index in [9.17, 15) is 9.59 Å². The van der Waals surface area contributed by atoms with Crippen LogP contribution in [0.5, 0.6) is 0 Å². The normalized spacial score (nSPS) is 16.6. The molecule has 164 valence electrons. The summed E-state index contributed by atoms with van der Waals surface area (Å²) in [5.74, 6) is -0.196. The molecule has 3 aromatic rings. The number of rotatable bonds is 6. The van der Waals surface area contributed by atoms with Gasteiger partial charge in [-0.2, -0.15) is 5.10 Å². The van der Waals surface area contributed by atoms with Crippen molar-refractivity contribution >= 4 is 22.9 Å². The third-order valence-electron chi connectivity index (χ3n) is 5.65. The Bertz CT molecular complexity index is 1150. The summed E-state index contributed by atoms with van der Waals surface area (Å²) >= 11 is 0. The Morgan fingerprint density at radius 2 is 2.13 bits per heavy atom. The summed E-state index contributed by atoms with van der Waals surface area (Å²) in [6.07, 6.45) is 4.33. The van der Waals surface area contributed by atoms with E-state index in [-0.39, 0.29) is 23.9 Å². The van der Waals surface area contributed by atoms with Crippen molar-refractivity contribution in [3.05, 3.63) is 46.8 Å². The average Bonchev–Trinajstić information content (AvgIpc) is 3.38. The number of hydrogen-bond acceptors (Lipinski definition) is 7. The van der Waals surface area contributed by atoms with Gasteiger partial charge >= 0.3 is 0 Å². The van der Waals surface area contributed by atoms with Crippen molar-refractivity contribution in [1.82, 2.24) is 29.3 Å². The number of anilines is 2. The number of nitrogens with one attached hydrogen (secondary N) is 1. The lowest BCUT2D eigenvalue weighted by molar-refractivity contribution is -0.117. The minimum atomic E-state index is -0.321. The number of hydrogen-bond donors (Lipinski definition) is 1. The minimum Gasteiger partial charge on any atom is -0.368 e. The summed E-state index contributed by atoms with van der Waals surface area (Å²) in [5.41, 5.74) is 2.71. The second-order valence-electron chi connectivity index (χ2n) is 8.48. The predicted octanol–water partition coefficient (Wildman–Crippen LogP) is 1.19. The van der Waals surface area contributed by atoms with Gasteiger partial charge in [0.05, 0.1) is 17.1 Å². The second kappa shape index (κ2) is 8.46. The van der Waals surface area contributed by atoms with Gasteiger partial charge in [-0.25, -0.2) is 4.68 Å². The number of amides is 1. The van der Waals surface area contributed by atoms with E-state index in [0.717, 1.165) is 30.9 Å². The molecule has 0 spiro atoms. The molecule has 31 heavy (non-hydrogen) atoms. The van der Waals surface area contributed by atoms with Gasteiger partial charge < -0.3 is 15.1 Å². The number of aromatic nitrogens is 5. The molecule has 3 aromatic heterocycles. The van der Waals surface area contributed by atoms with Crippen molar-refractivity contribution in [2.45, 2.75) is 38.8 Å². The van der Waals surface area contributed by atoms with Crippen molar-refractivity contribution < 1.29 is 4.79 Å². The van der Waals surface area contributed by atoms with Crippen molar-refractivity contribution in [3.8, 4) is 0 Å². The molecule has 0 bridgehead atoms. The molecule has 1 amide bonds. The fraction of sp³-hybridized carbons (Fsp3) is 0.476. The Kier molecular flexibility index (Phi) is 5.73. The van der Waals surface area contributed by atoms with Crippen LogP contribution in [0, 0.1) is 0 Å². The van der Waals surface area contributed by atoms with Crippen LogP contribution in [0.25, 0.3) is 5.65 Å². The van der Waals surface area contributed by atoms with E-state index < -0.39 is 0 Å². The molecule has 10 nitrogen and oxygen atoms in total. The Morgan fingerprint density at radius 3 is 2.84 bits per heavy atom. The molecular weight excluding hydrogens is 396 g/mol. The smallest absolute Gasteiger partial charge is 0.269 e. The SMILES string of the molecule is CC(C)c1nn(CC(=O)Nc2ccc3nncn3c2)c(=O)cc1N1CC[C@H](N(C)C)C1. The Balaban J connectivity index is 1.53. The van der Waals surface area contributed by atoms with Crippen LogP contribution in [0.3, 0.4) is 0 Å². The fourth-order valence-corrected chi connectivity index (χ4v) is 3.89. The summed E-state index contributed by atoms with van der Waals surface area (Å²) in [6, 6.07) is 5.58. The molecule has 1 aliphatic rings. The second-order valence-corrected chi connectivity index (χ2v) is 8.48. The maximum Gasteiger partial charge on any atom is 0.269 e. The lowest BCUT2D eigenvalue weighted by atomic mass is 10.1. The van der Waals surface area contributed by atoms with Crippen LogP contribution in [0.1, 0.15) is 31.9 Å². The predicted molar refractivity (Wildman–Crippen MR) is 119 cm³/mol. The zero-order chi connectivity index (χ0) is 22.1. The maximum absolute atomic E-state index is 12.8. The zero-order valence-corrected chi connectivity index (χ0v) is 18.3. The van der Waals surface area contributed by atoms with E-state index in [1.165, 1.54) is 4.68 Å². The van der Waals surface area contributed by atoms with Crippen molar-refractivity contribution in [2.24, 2.45) is 0 Å². The number of fused-ring (bicyclic) bond motifs is 1. The zero-order valence-electron chi connectivity index (χ0n) is 18.3. The largest absolute Gasteiger partial charge is 0.368 e. The number of carbonyl (C=O) groups is 1. The number of carbonyl (C=O) groups excluding carboxylic acids is 1. The first kappa shape index (κ1) is 21.0. The van der Waals surface area contributed by atoms with Gasteiger partial charge in [0.15, 0.2) is 5.65 Å². The van der Waals surface area contributed by atoms with E-state index in [4.69, 9.17) is 0 Å². The molecule has 0 unspecified atom stereocenters. The highest BCUT2D eigenvalue weighted by Gasteiger charge is 2.27. The van der Waals surface area contributed by atoms with E-state index in [1.807, 2.05) is 0 Å². The van der Waals surface area contributed by atoms with Crippen LogP contribution in [0.15, 0.2) is 35.5 Å². The molecule has 0 aliphatic carbocycles. The summed E-state index contributed by atoms with van der Waals surface area (Å²) in [7, 11) is 4.15. The lowest BCUT2D eigenvalue weighted by Gasteiger charge is -2.25. The van der Waals surface area contributed by atoms with E-state index in [0.29, 0.717) is 17.4 Å². The van der Waals surface area contributed by atoms with Gasteiger partial charge in [0, 0.05) is 31.4 Å². The summed E-state index contributed by atoms with van der Waals surface area (Å²) in [4.78, 5) is 29.8. The average molecular weight is 425 g/mol. The molecular formula is C21H28N8O2. The third-order valence-corrected chi connectivity index (χ3v) is 5.65. The van der Waals surface area contributed by atoms with Crippen molar-refractivity contribution in [3.63, 3.8) is 0 Å². The van der Waals surface area contributed by atoms with Crippen LogP contribution in [-0.4, -0.2) is 68.4 Å². The molecule has 0 radical (unpaired) electrons. The Morgan fingerprint density at radius 1 is 1.32 bits per heavy atom. The molecule has 1 fully saturated rings. The van der Waals surface area contributed by atoms with E-state index >= 15 is 0 Å². The van der Waals surface area contributed by atoms with Gasteiger partial charge in [-0.15, -0.1) is 10.2 Å². The first-order valence-corrected chi connectivity index (χ1v) is 10.4. The first-order valence-electron chi connectivity index (χ1n) is 10.4. The maximum atomic E-state index is 12.8. The van der Waals surface area contributed by atoms with Crippen molar-refractivity contribution in [1.29, 1.82) is 0 Å². The molecule has 1 atom stereocenters. The highest BCUT2D eigenvalue weighted by molar-refractivity contribution is 5.90. The topological polar surface area (TPSA) is 101 Å². The molecule has 10 heteroatoms. The van der Waals surface area contributed by atoms with Gasteiger partial charge in [-0.1, -0.05) is 13.8 Å². The molecule has 1 saturated heterocycles. The number of nitrogens with zero attached hydrogens (tertiary/aromatic N) is 7. The van der Waals surface area contributed by atoms with Crippen LogP contribution < -0.4 is 15.8 Å². The summed E-state index contributed by atoms with van der Waals surface area (Å²) in [6.45, 7) is 5.70. The van der Waals surface area contributed by atoms with Gasteiger partial charge in [0.2, 0.25) is 5.91 Å². The quantitative estimate of drug-likeness (QED) is 0.634. The highest BCUT2D eigenvalue weighted by Crippen LogP contribution is 2.28. The van der Waals surface area contributed by atoms with Crippen molar-refractivity contribution in [2.75, 3.05) is 37.4 Å². The minimum absolute atomic E-state index is 0.125. The van der Waals surface area contributed by atoms with Gasteiger partial charge in [0.1, 0.15) is 12.9 Å². The van der Waals surface area contributed by atoms with E-state index in [1.54, 1.807) is 35.1 Å². The van der Waals surface area contributed by atoms with Crippen LogP contribution in [0.4, 0.5) is 11.4 Å². The molecule has 1 N–H and O–H groups in total. The lowest BCUT2D eigenvalue weighted by Crippen LogP contribution is -2.35. The summed E-state index contributed by atoms with van der Waals surface area (Å²) in [5, 5.41) is 15.1. The number of likely N-dealkylation sites (N-methyl/N-ethyl adjacent to an activating group) is 1. The first-order chi connectivity index (χ1) is 14.8. The van der Waals surface area contributed by atoms with Crippen LogP contribution >= 0.6 is 0 Å². The molecule has 4 rings (SSSR count). The van der Waals surface area contributed by atoms with Gasteiger partial charge in [-0.05, 0) is 38.6 Å². The van der Waals surface area contributed by atoms with Crippen LogP contribution in [-0.2, 0) is 11.3 Å². The van der Waals surface area contributed by atoms with Gasteiger partial charge in [-0.3, -0.25) is 14.0 Å². The number of pyridine rings is 1. The standard InChI is InChI=1S/C21H28N8O2/c1-14(2)21-17(27-8-7-16(11-27)26(3)4)9-20(31)29(25-21)12-19(30)23-15-5-6-18-24-22-13-28(18)10-15/h5-6,9-10,13-14,16H,7-8,11-12H2,1-4H3,(H,23,30)/t16-/m0/s1. The van der Waals surface area contributed by atoms with Crippen LogP contribution in [0.2, 0.25) is 0 Å². The fourth-order valence-electron chi connectivity index (χ4n) is 3.89. The molecule has 1 aliphatic heterocycles. The highest BCUT2D eigenvalue weighted by atomic mass is 16.2. The summed E-state index contributed by atoms with van der Waals surface area (Å²) < 4.78 is 2.95. The molecule has 4 heterocycles. The third kappa shape index (κ3) is 4.43.